The molecule has 0 aliphatic heterocycles. The van der Waals surface area contributed by atoms with Crippen LogP contribution in [0.3, 0.4) is 0 Å². The summed E-state index contributed by atoms with van der Waals surface area (Å²) >= 11 is 0. The van der Waals surface area contributed by atoms with Crippen molar-refractivity contribution in [2.45, 2.75) is 39.5 Å². The van der Waals surface area contributed by atoms with Crippen LogP contribution in [0.4, 0.5) is 9.18 Å². The number of alkyl carbamates (subject to hydrolysis) is 1. The van der Waals surface area contributed by atoms with Gasteiger partial charge in [-0.2, -0.15) is 0 Å². The molecule has 0 heterocycles. The number of nitrogens with one attached hydrogen (secondary N) is 2. The lowest BCUT2D eigenvalue weighted by Crippen LogP contribution is -2.52. The maximum Gasteiger partial charge on any atom is 0.409 e. The topological polar surface area (TPSA) is 128 Å². The molecule has 0 saturated carbocycles. The highest BCUT2D eigenvalue weighted by Gasteiger charge is 2.23. The van der Waals surface area contributed by atoms with Gasteiger partial charge in [-0.1, -0.05) is 6.58 Å². The van der Waals surface area contributed by atoms with Crippen LogP contribution in [0.1, 0.15) is 43.6 Å². The molecule has 39 heavy (non-hydrogen) atoms. The zero-order valence-corrected chi connectivity index (χ0v) is 22.9. The highest BCUT2D eigenvalue weighted by molar-refractivity contribution is 6.11. The van der Waals surface area contributed by atoms with Crippen LogP contribution in [-0.2, 0) is 9.47 Å². The van der Waals surface area contributed by atoms with Gasteiger partial charge in [0.1, 0.15) is 42.3 Å². The summed E-state index contributed by atoms with van der Waals surface area (Å²) in [5.74, 6) is -0.124. The van der Waals surface area contributed by atoms with Gasteiger partial charge in [0, 0.05) is 17.7 Å². The van der Waals surface area contributed by atoms with Crippen molar-refractivity contribution < 1.29 is 38.0 Å². The number of carbonyl (C=O) groups is 2. The molecular formula is C28H36FN3O7. The second-order valence-electron chi connectivity index (χ2n) is 9.17. The van der Waals surface area contributed by atoms with E-state index in [4.69, 9.17) is 24.1 Å². The average molecular weight is 546 g/mol. The summed E-state index contributed by atoms with van der Waals surface area (Å²) in [4.78, 5) is 30.0. The number of ether oxygens (including phenoxy) is 4. The van der Waals surface area contributed by atoms with Crippen LogP contribution in [-0.4, -0.2) is 68.1 Å². The van der Waals surface area contributed by atoms with E-state index in [1.807, 2.05) is 6.92 Å². The lowest BCUT2D eigenvalue weighted by atomic mass is 10.1. The van der Waals surface area contributed by atoms with Crippen LogP contribution in [0.25, 0.3) is 0 Å². The summed E-state index contributed by atoms with van der Waals surface area (Å²) in [6.07, 6.45) is -1.80. The Morgan fingerprint density at radius 2 is 1.74 bits per heavy atom. The Bertz CT molecular complexity index is 1160. The summed E-state index contributed by atoms with van der Waals surface area (Å²) in [5.41, 5.74) is 0.449. The number of halogens is 1. The van der Waals surface area contributed by atoms with Crippen molar-refractivity contribution >= 4 is 17.7 Å². The van der Waals surface area contributed by atoms with Crippen molar-refractivity contribution in [3.05, 3.63) is 71.7 Å². The van der Waals surface area contributed by atoms with Gasteiger partial charge in [-0.15, -0.1) is 0 Å². The molecule has 0 aromatic heterocycles. The van der Waals surface area contributed by atoms with Crippen LogP contribution < -0.4 is 20.1 Å². The number of aliphatic hydroxyl groups is 1. The number of benzene rings is 2. The maximum absolute atomic E-state index is 13.4. The number of hydrogen-bond donors (Lipinski definition) is 3. The van der Waals surface area contributed by atoms with Crippen LogP contribution in [0.5, 0.6) is 11.5 Å². The summed E-state index contributed by atoms with van der Waals surface area (Å²) in [6, 6.07) is 10.2. The van der Waals surface area contributed by atoms with E-state index in [9.17, 15) is 14.0 Å². The number of aliphatic hydroxyl groups excluding tert-OH is 1. The number of nitrogens with zero attached hydrogens (tertiary/aromatic N) is 1. The highest BCUT2D eigenvalue weighted by Crippen LogP contribution is 2.28. The molecule has 3 N–H and O–H groups in total. The molecule has 0 saturated heterocycles. The van der Waals surface area contributed by atoms with Crippen molar-refractivity contribution in [3.63, 3.8) is 0 Å². The number of methoxy groups -OCH3 is 1. The molecule has 2 aromatic carbocycles. The second-order valence-corrected chi connectivity index (χ2v) is 9.17. The molecule has 2 rings (SSSR count). The lowest BCUT2D eigenvalue weighted by molar-refractivity contribution is 0.0457. The quantitative estimate of drug-likeness (QED) is 0.198. The highest BCUT2D eigenvalue weighted by atomic mass is 19.1. The predicted molar refractivity (Wildman–Crippen MR) is 145 cm³/mol. The van der Waals surface area contributed by atoms with Gasteiger partial charge in [-0.3, -0.25) is 15.1 Å². The molecule has 0 aliphatic rings. The summed E-state index contributed by atoms with van der Waals surface area (Å²) in [5, 5.41) is 14.3. The summed E-state index contributed by atoms with van der Waals surface area (Å²) in [6.45, 7) is 11.0. The zero-order valence-electron chi connectivity index (χ0n) is 22.9. The fourth-order valence-corrected chi connectivity index (χ4v) is 3.25. The number of rotatable bonds is 13. The van der Waals surface area contributed by atoms with E-state index in [0.29, 0.717) is 23.6 Å². The third-order valence-corrected chi connectivity index (χ3v) is 4.89. The smallest absolute Gasteiger partial charge is 0.409 e. The maximum atomic E-state index is 13.4. The molecule has 0 bridgehead atoms. The molecule has 0 spiro atoms. The molecule has 2 aromatic rings. The Balaban J connectivity index is 2.21. The molecule has 10 nitrogen and oxygen atoms in total. The minimum atomic E-state index is -1.03. The fraction of sp³-hybridized carbons (Fsp3) is 0.393. The van der Waals surface area contributed by atoms with Crippen LogP contribution in [0.15, 0.2) is 59.8 Å². The summed E-state index contributed by atoms with van der Waals surface area (Å²) < 4.78 is 35.2. The Morgan fingerprint density at radius 3 is 2.33 bits per heavy atom. The Kier molecular flexibility index (Phi) is 11.7. The number of aliphatic imine (C=N–C) groups is 1. The minimum Gasteiger partial charge on any atom is -0.493 e. The van der Waals surface area contributed by atoms with E-state index in [0.717, 1.165) is 0 Å². The van der Waals surface area contributed by atoms with E-state index >= 15 is 0 Å². The number of allylic oxidation sites excluding steroid dienone is 1. The van der Waals surface area contributed by atoms with Gasteiger partial charge in [-0.25, -0.2) is 9.18 Å². The first kappa shape index (κ1) is 31.1. The van der Waals surface area contributed by atoms with Crippen molar-refractivity contribution in [2.75, 3.05) is 33.5 Å². The average Bonchev–Trinajstić information content (AvgIpc) is 2.88. The van der Waals surface area contributed by atoms with Gasteiger partial charge in [0.05, 0.1) is 13.7 Å². The first-order chi connectivity index (χ1) is 18.5. The van der Waals surface area contributed by atoms with Crippen LogP contribution in [0, 0.1) is 5.82 Å². The molecule has 0 fully saturated rings. The summed E-state index contributed by atoms with van der Waals surface area (Å²) in [7, 11) is 1.42. The minimum absolute atomic E-state index is 0.0618. The van der Waals surface area contributed by atoms with Crippen molar-refractivity contribution in [3.8, 4) is 11.5 Å². The van der Waals surface area contributed by atoms with Gasteiger partial charge in [0.15, 0.2) is 11.5 Å². The second kappa shape index (κ2) is 14.7. The molecule has 1 unspecified atom stereocenters. The van der Waals surface area contributed by atoms with E-state index in [-0.39, 0.29) is 36.9 Å². The van der Waals surface area contributed by atoms with Gasteiger partial charge in [0.25, 0.3) is 5.91 Å². The monoisotopic (exact) mass is 545 g/mol. The van der Waals surface area contributed by atoms with Crippen molar-refractivity contribution in [2.24, 2.45) is 4.99 Å². The number of amides is 2. The zero-order chi connectivity index (χ0) is 29.0. The fourth-order valence-electron chi connectivity index (χ4n) is 3.25. The van der Waals surface area contributed by atoms with Crippen molar-refractivity contribution in [1.29, 1.82) is 0 Å². The van der Waals surface area contributed by atoms with Gasteiger partial charge in [-0.05, 0) is 70.2 Å². The van der Waals surface area contributed by atoms with E-state index in [1.165, 1.54) is 37.4 Å². The van der Waals surface area contributed by atoms with Gasteiger partial charge >= 0.3 is 6.09 Å². The molecule has 2 amide bonds. The van der Waals surface area contributed by atoms with E-state index in [1.54, 1.807) is 32.9 Å². The van der Waals surface area contributed by atoms with Crippen LogP contribution in [0.2, 0.25) is 0 Å². The Hall–Kier alpha value is -4.12. The van der Waals surface area contributed by atoms with E-state index in [2.05, 4.69) is 22.2 Å². The largest absolute Gasteiger partial charge is 0.493 e. The third-order valence-electron chi connectivity index (χ3n) is 4.89. The van der Waals surface area contributed by atoms with Crippen molar-refractivity contribution in [1.82, 2.24) is 10.6 Å². The van der Waals surface area contributed by atoms with E-state index < -0.39 is 29.6 Å². The lowest BCUT2D eigenvalue weighted by Gasteiger charge is -2.25. The molecule has 0 radical (unpaired) electrons. The molecule has 212 valence electrons. The van der Waals surface area contributed by atoms with Gasteiger partial charge in [0.2, 0.25) is 0 Å². The predicted octanol–water partition coefficient (Wildman–Crippen LogP) is 3.83. The SMILES string of the molecule is C=C(OCC(NC(=O)OC(C)(C)C)NC(=O)c1ccc(OCCO)c(OC)c1)C(=NCC)c1ccc(F)cc1. The normalized spacial score (nSPS) is 12.2. The standard InChI is InChI=1S/C28H36FN3O7/c1-7-30-25(19-8-11-21(29)12-9-19)18(2)38-17-24(32-27(35)39-28(3,4)5)31-26(34)20-10-13-22(37-15-14-33)23(16-20)36-6/h8-13,16,24,33H,2,7,14-15,17H2,1,3-6H3,(H,31,34)(H,32,35). The first-order valence-corrected chi connectivity index (χ1v) is 12.3. The molecule has 0 aliphatic carbocycles. The number of hydrogen-bond acceptors (Lipinski definition) is 8. The Labute approximate surface area is 227 Å². The molecular weight excluding hydrogens is 509 g/mol. The molecule has 11 heteroatoms. The third kappa shape index (κ3) is 10.3. The first-order valence-electron chi connectivity index (χ1n) is 12.3. The number of carbonyl (C=O) groups excluding carboxylic acids is 2. The molecule has 1 atom stereocenters. The van der Waals surface area contributed by atoms with Gasteiger partial charge < -0.3 is 29.4 Å². The Morgan fingerprint density at radius 1 is 1.08 bits per heavy atom. The van der Waals surface area contributed by atoms with Crippen LogP contribution >= 0.6 is 0 Å².